The third-order valence-electron chi connectivity index (χ3n) is 4.69. The lowest BCUT2D eigenvalue weighted by Gasteiger charge is -2.34. The molecular weight excluding hydrogens is 292 g/mol. The van der Waals surface area contributed by atoms with E-state index in [1.165, 1.54) is 0 Å². The minimum absolute atomic E-state index is 0.172. The molecule has 1 aromatic heterocycles. The molecule has 6 nitrogen and oxygen atoms in total. The molecule has 1 aliphatic carbocycles. The van der Waals surface area contributed by atoms with E-state index in [-0.39, 0.29) is 11.9 Å². The highest BCUT2D eigenvalue weighted by atomic mass is 16.3. The van der Waals surface area contributed by atoms with Crippen molar-refractivity contribution >= 4 is 5.91 Å². The second-order valence-corrected chi connectivity index (χ2v) is 6.35. The highest BCUT2D eigenvalue weighted by molar-refractivity contribution is 5.82. The maximum absolute atomic E-state index is 12.7. The highest BCUT2D eigenvalue weighted by Crippen LogP contribution is 2.39. The number of hydrogen-bond acceptors (Lipinski definition) is 4. The number of hydrogen-bond donors (Lipinski definition) is 1. The van der Waals surface area contributed by atoms with E-state index in [1.807, 2.05) is 29.8 Å². The van der Waals surface area contributed by atoms with Gasteiger partial charge in [0.1, 0.15) is 5.82 Å². The molecule has 2 aliphatic rings. The molecule has 2 heterocycles. The second-order valence-electron chi connectivity index (χ2n) is 6.35. The predicted octanol–water partition coefficient (Wildman–Crippen LogP) is 1.79. The molecule has 1 amide bonds. The molecule has 4 rings (SSSR count). The minimum atomic E-state index is -1.13. The van der Waals surface area contributed by atoms with Crippen molar-refractivity contribution in [1.29, 1.82) is 0 Å². The van der Waals surface area contributed by atoms with E-state index < -0.39 is 6.10 Å². The highest BCUT2D eigenvalue weighted by Gasteiger charge is 2.36. The van der Waals surface area contributed by atoms with E-state index in [4.69, 9.17) is 0 Å². The maximum atomic E-state index is 12.7. The van der Waals surface area contributed by atoms with Crippen LogP contribution >= 0.6 is 0 Å². The van der Waals surface area contributed by atoms with Crippen LogP contribution in [-0.2, 0) is 11.3 Å². The van der Waals surface area contributed by atoms with Crippen molar-refractivity contribution in [3.05, 3.63) is 47.5 Å². The van der Waals surface area contributed by atoms with Gasteiger partial charge in [0.25, 0.3) is 5.91 Å². The van der Waals surface area contributed by atoms with Crippen LogP contribution in [0.5, 0.6) is 0 Å². The van der Waals surface area contributed by atoms with Gasteiger partial charge in [-0.15, -0.1) is 0 Å². The number of fused-ring (bicyclic) bond motifs is 1. The third kappa shape index (κ3) is 2.53. The quantitative estimate of drug-likeness (QED) is 0.938. The fourth-order valence-corrected chi connectivity index (χ4v) is 3.13. The molecular formula is C17H20N4O2. The van der Waals surface area contributed by atoms with Gasteiger partial charge in [-0.05, 0) is 25.3 Å². The van der Waals surface area contributed by atoms with Crippen LogP contribution in [0.4, 0.5) is 0 Å². The van der Waals surface area contributed by atoms with Gasteiger partial charge >= 0.3 is 0 Å². The predicted molar refractivity (Wildman–Crippen MR) is 83.5 cm³/mol. The molecule has 0 bridgehead atoms. The monoisotopic (exact) mass is 312 g/mol. The number of carbonyl (C=O) groups excluding carboxylic acids is 1. The van der Waals surface area contributed by atoms with E-state index in [9.17, 15) is 9.90 Å². The lowest BCUT2D eigenvalue weighted by molar-refractivity contribution is -0.144. The molecule has 6 heteroatoms. The van der Waals surface area contributed by atoms with Crippen molar-refractivity contribution in [2.75, 3.05) is 6.54 Å². The van der Waals surface area contributed by atoms with Gasteiger partial charge in [-0.2, -0.15) is 5.10 Å². The van der Waals surface area contributed by atoms with E-state index in [1.54, 1.807) is 17.0 Å². The third-order valence-corrected chi connectivity index (χ3v) is 4.69. The maximum Gasteiger partial charge on any atom is 0.256 e. The Kier molecular flexibility index (Phi) is 3.41. The number of aliphatic hydroxyl groups excluding tert-OH is 1. The Hall–Kier alpha value is -2.21. The zero-order valence-electron chi connectivity index (χ0n) is 13.1. The van der Waals surface area contributed by atoms with Gasteiger partial charge in [0, 0.05) is 12.5 Å². The molecule has 1 N–H and O–H groups in total. The Balaban J connectivity index is 1.56. The van der Waals surface area contributed by atoms with E-state index >= 15 is 0 Å². The van der Waals surface area contributed by atoms with Gasteiger partial charge in [0.15, 0.2) is 11.9 Å². The zero-order valence-corrected chi connectivity index (χ0v) is 13.1. The minimum Gasteiger partial charge on any atom is -0.378 e. The summed E-state index contributed by atoms with van der Waals surface area (Å²) in [6, 6.07) is 8.88. The first kappa shape index (κ1) is 14.4. The summed E-state index contributed by atoms with van der Waals surface area (Å²) in [5.41, 5.74) is 0.621. The number of rotatable bonds is 3. The van der Waals surface area contributed by atoms with Crippen molar-refractivity contribution in [2.24, 2.45) is 0 Å². The fourth-order valence-electron chi connectivity index (χ4n) is 3.13. The first-order valence-electron chi connectivity index (χ1n) is 8.13. The van der Waals surface area contributed by atoms with Crippen molar-refractivity contribution in [3.63, 3.8) is 0 Å². The zero-order chi connectivity index (χ0) is 16.0. The van der Waals surface area contributed by atoms with Gasteiger partial charge in [-0.1, -0.05) is 30.3 Å². The molecule has 1 aliphatic heterocycles. The topological polar surface area (TPSA) is 71.2 Å². The number of benzene rings is 1. The normalized spacial score (nSPS) is 21.8. The van der Waals surface area contributed by atoms with Crippen LogP contribution in [0.3, 0.4) is 0 Å². The van der Waals surface area contributed by atoms with Crippen molar-refractivity contribution in [2.45, 2.75) is 44.4 Å². The molecule has 2 atom stereocenters. The van der Waals surface area contributed by atoms with Gasteiger partial charge in [0.2, 0.25) is 0 Å². The van der Waals surface area contributed by atoms with Gasteiger partial charge in [-0.25, -0.2) is 9.67 Å². The Morgan fingerprint density at radius 2 is 2.00 bits per heavy atom. The first-order valence-corrected chi connectivity index (χ1v) is 8.13. The number of amides is 1. The number of carbonyl (C=O) groups is 1. The number of aliphatic hydroxyl groups is 1. The summed E-state index contributed by atoms with van der Waals surface area (Å²) in [7, 11) is 0. The number of nitrogens with zero attached hydrogens (tertiary/aromatic N) is 4. The molecule has 2 aromatic rings. The summed E-state index contributed by atoms with van der Waals surface area (Å²) in [6.07, 6.45) is 1.19. The van der Waals surface area contributed by atoms with Gasteiger partial charge < -0.3 is 10.0 Å². The standard InChI is InChI=1S/C17H20N4O2/c1-11-16-18-15(13-7-8-13)19-21(16)10-9-20(11)17(23)14(22)12-5-3-2-4-6-12/h2-6,11,13-14,22H,7-10H2,1H3/t11-,14+/m1/s1. The summed E-state index contributed by atoms with van der Waals surface area (Å²) < 4.78 is 1.91. The number of aromatic nitrogens is 3. The van der Waals surface area contributed by atoms with Crippen LogP contribution in [0.25, 0.3) is 0 Å². The van der Waals surface area contributed by atoms with Gasteiger partial charge in [-0.3, -0.25) is 4.79 Å². The molecule has 0 radical (unpaired) electrons. The van der Waals surface area contributed by atoms with Crippen molar-refractivity contribution < 1.29 is 9.90 Å². The Bertz CT molecular complexity index is 723. The average Bonchev–Trinajstić information content (AvgIpc) is 3.34. The van der Waals surface area contributed by atoms with E-state index in [2.05, 4.69) is 10.1 Å². The Labute approximate surface area is 134 Å². The fraction of sp³-hybridized carbons (Fsp3) is 0.471. The van der Waals surface area contributed by atoms with Crippen LogP contribution in [0.1, 0.15) is 55.0 Å². The molecule has 23 heavy (non-hydrogen) atoms. The summed E-state index contributed by atoms with van der Waals surface area (Å²) in [5, 5.41) is 14.9. The molecule has 1 fully saturated rings. The molecule has 1 aromatic carbocycles. The average molecular weight is 312 g/mol. The van der Waals surface area contributed by atoms with E-state index in [0.29, 0.717) is 24.6 Å². The van der Waals surface area contributed by atoms with Crippen LogP contribution < -0.4 is 0 Å². The molecule has 0 unspecified atom stereocenters. The van der Waals surface area contributed by atoms with Crippen molar-refractivity contribution in [3.8, 4) is 0 Å². The summed E-state index contributed by atoms with van der Waals surface area (Å²) in [4.78, 5) is 19.0. The largest absolute Gasteiger partial charge is 0.378 e. The lowest BCUT2D eigenvalue weighted by Crippen LogP contribution is -2.43. The summed E-state index contributed by atoms with van der Waals surface area (Å²) in [5.74, 6) is 1.96. The van der Waals surface area contributed by atoms with Crippen LogP contribution in [0.15, 0.2) is 30.3 Å². The second kappa shape index (κ2) is 5.45. The van der Waals surface area contributed by atoms with Crippen LogP contribution in [0.2, 0.25) is 0 Å². The SMILES string of the molecule is C[C@@H]1c2nc(C3CC3)nn2CCN1C(=O)[C@@H](O)c1ccccc1. The smallest absolute Gasteiger partial charge is 0.256 e. The first-order chi connectivity index (χ1) is 11.1. The molecule has 0 spiro atoms. The lowest BCUT2D eigenvalue weighted by atomic mass is 10.1. The van der Waals surface area contributed by atoms with Crippen LogP contribution in [0, 0.1) is 0 Å². The van der Waals surface area contributed by atoms with Crippen molar-refractivity contribution in [1.82, 2.24) is 19.7 Å². The van der Waals surface area contributed by atoms with Crippen LogP contribution in [-0.4, -0.2) is 37.2 Å². The molecule has 120 valence electrons. The summed E-state index contributed by atoms with van der Waals surface area (Å²) >= 11 is 0. The molecule has 1 saturated carbocycles. The summed E-state index contributed by atoms with van der Waals surface area (Å²) in [6.45, 7) is 3.13. The molecule has 0 saturated heterocycles. The van der Waals surface area contributed by atoms with E-state index in [0.717, 1.165) is 24.5 Å². The van der Waals surface area contributed by atoms with Gasteiger partial charge in [0.05, 0.1) is 12.6 Å². The Morgan fingerprint density at radius 1 is 1.26 bits per heavy atom. The Morgan fingerprint density at radius 3 is 2.70 bits per heavy atom.